The van der Waals surface area contributed by atoms with Crippen molar-refractivity contribution >= 4 is 16.8 Å². The van der Waals surface area contributed by atoms with Crippen molar-refractivity contribution in [3.05, 3.63) is 76.1 Å². The molecule has 35 heavy (non-hydrogen) atoms. The number of aliphatic hydroxyl groups is 1. The molecule has 1 aliphatic rings. The summed E-state index contributed by atoms with van der Waals surface area (Å²) in [6.45, 7) is 3.79. The SMILES string of the molecule is O=C(CCCN1CCC(NC[C@H](O)c2ccc(O)c3[nH]c(=O)ccc23)CC1)NCc1ccccc1. The highest BCUT2D eigenvalue weighted by molar-refractivity contribution is 5.87. The Balaban J connectivity index is 1.15. The number of phenols is 1. The van der Waals surface area contributed by atoms with Gasteiger partial charge in [0, 0.05) is 37.0 Å². The van der Waals surface area contributed by atoms with Crippen molar-refractivity contribution in [2.24, 2.45) is 0 Å². The number of carbonyl (C=O) groups excluding carboxylic acids is 1. The van der Waals surface area contributed by atoms with Crippen molar-refractivity contribution in [1.29, 1.82) is 0 Å². The fourth-order valence-electron chi connectivity index (χ4n) is 4.65. The number of fused-ring (bicyclic) bond motifs is 1. The summed E-state index contributed by atoms with van der Waals surface area (Å²) in [5, 5.41) is 27.9. The van der Waals surface area contributed by atoms with E-state index in [1.165, 1.54) is 12.1 Å². The molecule has 1 saturated heterocycles. The van der Waals surface area contributed by atoms with Crippen LogP contribution in [-0.4, -0.2) is 58.2 Å². The first-order valence-electron chi connectivity index (χ1n) is 12.3. The Morgan fingerprint density at radius 3 is 2.63 bits per heavy atom. The van der Waals surface area contributed by atoms with E-state index in [0.29, 0.717) is 42.0 Å². The number of piperidine rings is 1. The maximum absolute atomic E-state index is 12.1. The second-order valence-corrected chi connectivity index (χ2v) is 9.19. The number of aromatic nitrogens is 1. The standard InChI is InChI=1S/C27H34N4O4/c32-23-10-8-21(22-9-11-26(35)30-27(22)23)24(33)18-28-20-12-15-31(16-13-20)14-4-7-25(34)29-17-19-5-2-1-3-6-19/h1-3,5-6,8-11,20,24,28,32-33H,4,7,12-18H2,(H,29,34)(H,30,35)/t24-/m0/s1. The van der Waals surface area contributed by atoms with Crippen molar-refractivity contribution in [1.82, 2.24) is 20.5 Å². The molecule has 8 heteroatoms. The van der Waals surface area contributed by atoms with E-state index in [1.54, 1.807) is 12.1 Å². The van der Waals surface area contributed by atoms with Crippen LogP contribution in [-0.2, 0) is 11.3 Å². The molecule has 0 saturated carbocycles. The van der Waals surface area contributed by atoms with E-state index in [-0.39, 0.29) is 17.2 Å². The summed E-state index contributed by atoms with van der Waals surface area (Å²) in [5.74, 6) is 0.0767. The number of amides is 1. The molecule has 186 valence electrons. The largest absolute Gasteiger partial charge is 0.506 e. The molecule has 1 fully saturated rings. The highest BCUT2D eigenvalue weighted by Crippen LogP contribution is 2.28. The number of aromatic hydroxyl groups is 1. The molecule has 0 spiro atoms. The molecule has 1 aliphatic heterocycles. The van der Waals surface area contributed by atoms with Crippen LogP contribution >= 0.6 is 0 Å². The third kappa shape index (κ3) is 6.91. The molecule has 2 heterocycles. The van der Waals surface area contributed by atoms with Gasteiger partial charge in [0.15, 0.2) is 0 Å². The highest BCUT2D eigenvalue weighted by Gasteiger charge is 2.21. The first-order valence-corrected chi connectivity index (χ1v) is 12.3. The van der Waals surface area contributed by atoms with E-state index in [2.05, 4.69) is 20.5 Å². The second kappa shape index (κ2) is 12.0. The predicted octanol–water partition coefficient (Wildman–Crippen LogP) is 2.42. The molecule has 0 radical (unpaired) electrons. The lowest BCUT2D eigenvalue weighted by molar-refractivity contribution is -0.121. The molecule has 1 aromatic heterocycles. The van der Waals surface area contributed by atoms with Gasteiger partial charge in [0.25, 0.3) is 0 Å². The molecule has 0 unspecified atom stereocenters. The van der Waals surface area contributed by atoms with Crippen LogP contribution in [0.3, 0.4) is 0 Å². The van der Waals surface area contributed by atoms with Crippen LogP contribution in [0.4, 0.5) is 0 Å². The molecule has 1 amide bonds. The average molecular weight is 479 g/mol. The van der Waals surface area contributed by atoms with Gasteiger partial charge in [0.1, 0.15) is 5.75 Å². The monoisotopic (exact) mass is 478 g/mol. The number of likely N-dealkylation sites (tertiary alicyclic amines) is 1. The first-order chi connectivity index (χ1) is 17.0. The lowest BCUT2D eigenvalue weighted by Crippen LogP contribution is -2.44. The molecule has 0 bridgehead atoms. The van der Waals surface area contributed by atoms with Gasteiger partial charge < -0.3 is 30.7 Å². The minimum absolute atomic E-state index is 0.0114. The zero-order valence-electron chi connectivity index (χ0n) is 19.9. The molecule has 1 atom stereocenters. The summed E-state index contributed by atoms with van der Waals surface area (Å²) in [7, 11) is 0. The minimum atomic E-state index is -0.753. The van der Waals surface area contributed by atoms with Gasteiger partial charge in [-0.05, 0) is 62.2 Å². The minimum Gasteiger partial charge on any atom is -0.506 e. The summed E-state index contributed by atoms with van der Waals surface area (Å²) >= 11 is 0. The summed E-state index contributed by atoms with van der Waals surface area (Å²) in [6, 6.07) is 16.5. The van der Waals surface area contributed by atoms with Crippen molar-refractivity contribution in [2.45, 2.75) is 44.4 Å². The molecule has 2 aromatic carbocycles. The van der Waals surface area contributed by atoms with Gasteiger partial charge in [-0.15, -0.1) is 0 Å². The Bertz CT molecular complexity index is 1170. The average Bonchev–Trinajstić information content (AvgIpc) is 2.88. The highest BCUT2D eigenvalue weighted by atomic mass is 16.3. The van der Waals surface area contributed by atoms with Crippen molar-refractivity contribution in [3.8, 4) is 5.75 Å². The van der Waals surface area contributed by atoms with Gasteiger partial charge >= 0.3 is 0 Å². The van der Waals surface area contributed by atoms with Crippen LogP contribution in [0.15, 0.2) is 59.4 Å². The molecule has 5 N–H and O–H groups in total. The van der Waals surface area contributed by atoms with Crippen LogP contribution < -0.4 is 16.2 Å². The summed E-state index contributed by atoms with van der Waals surface area (Å²) in [6.07, 6.45) is 2.58. The van der Waals surface area contributed by atoms with Crippen LogP contribution in [0, 0.1) is 0 Å². The summed E-state index contributed by atoms with van der Waals surface area (Å²) < 4.78 is 0. The van der Waals surface area contributed by atoms with Crippen LogP contribution in [0.1, 0.15) is 42.9 Å². The number of nitrogens with one attached hydrogen (secondary N) is 3. The lowest BCUT2D eigenvalue weighted by atomic mass is 10.0. The van der Waals surface area contributed by atoms with Crippen molar-refractivity contribution in [3.63, 3.8) is 0 Å². The van der Waals surface area contributed by atoms with Crippen LogP contribution in [0.5, 0.6) is 5.75 Å². The molecule has 0 aliphatic carbocycles. The Kier molecular flexibility index (Phi) is 8.52. The van der Waals surface area contributed by atoms with E-state index in [1.807, 2.05) is 30.3 Å². The van der Waals surface area contributed by atoms with E-state index in [4.69, 9.17) is 0 Å². The maximum Gasteiger partial charge on any atom is 0.248 e. The maximum atomic E-state index is 12.1. The number of hydrogen-bond donors (Lipinski definition) is 5. The first kappa shape index (κ1) is 24.9. The number of aliphatic hydroxyl groups excluding tert-OH is 1. The lowest BCUT2D eigenvalue weighted by Gasteiger charge is -2.33. The number of phenolic OH excluding ortho intramolecular Hbond substituents is 1. The van der Waals surface area contributed by atoms with Gasteiger partial charge in [-0.3, -0.25) is 9.59 Å². The smallest absolute Gasteiger partial charge is 0.248 e. The molecule has 8 nitrogen and oxygen atoms in total. The number of aromatic amines is 1. The number of hydrogen-bond acceptors (Lipinski definition) is 6. The van der Waals surface area contributed by atoms with E-state index in [9.17, 15) is 19.8 Å². The van der Waals surface area contributed by atoms with E-state index < -0.39 is 6.10 Å². The van der Waals surface area contributed by atoms with Crippen molar-refractivity contribution < 1.29 is 15.0 Å². The second-order valence-electron chi connectivity index (χ2n) is 9.19. The number of nitrogens with zero attached hydrogens (tertiary/aromatic N) is 1. The zero-order chi connectivity index (χ0) is 24.6. The molecule has 4 rings (SSSR count). The third-order valence-corrected chi connectivity index (χ3v) is 6.66. The summed E-state index contributed by atoms with van der Waals surface area (Å²) in [5.41, 5.74) is 1.83. The normalized spacial score (nSPS) is 15.8. The van der Waals surface area contributed by atoms with E-state index >= 15 is 0 Å². The number of H-pyrrole nitrogens is 1. The van der Waals surface area contributed by atoms with Crippen molar-refractivity contribution in [2.75, 3.05) is 26.2 Å². The molecular formula is C27H34N4O4. The van der Waals surface area contributed by atoms with Gasteiger partial charge in [0.2, 0.25) is 11.5 Å². The number of benzene rings is 2. The topological polar surface area (TPSA) is 118 Å². The molecular weight excluding hydrogens is 444 g/mol. The Morgan fingerprint density at radius 1 is 1.09 bits per heavy atom. The van der Waals surface area contributed by atoms with Gasteiger partial charge in [-0.25, -0.2) is 0 Å². The molecule has 3 aromatic rings. The van der Waals surface area contributed by atoms with Gasteiger partial charge in [-0.1, -0.05) is 36.4 Å². The number of rotatable bonds is 10. The van der Waals surface area contributed by atoms with Gasteiger partial charge in [0.05, 0.1) is 11.6 Å². The Morgan fingerprint density at radius 2 is 1.86 bits per heavy atom. The Hall–Kier alpha value is -3.20. The number of pyridine rings is 1. The fraction of sp³-hybridized carbons (Fsp3) is 0.407. The quantitative estimate of drug-likeness (QED) is 0.306. The Labute approximate surface area is 205 Å². The predicted molar refractivity (Wildman–Crippen MR) is 136 cm³/mol. The van der Waals surface area contributed by atoms with Crippen LogP contribution in [0.25, 0.3) is 10.9 Å². The fourth-order valence-corrected chi connectivity index (χ4v) is 4.65. The number of carbonyl (C=O) groups is 1. The summed E-state index contributed by atoms with van der Waals surface area (Å²) in [4.78, 5) is 28.7. The van der Waals surface area contributed by atoms with Crippen LogP contribution in [0.2, 0.25) is 0 Å². The zero-order valence-corrected chi connectivity index (χ0v) is 19.9. The van der Waals surface area contributed by atoms with E-state index in [0.717, 1.165) is 44.5 Å². The van der Waals surface area contributed by atoms with Gasteiger partial charge in [-0.2, -0.15) is 0 Å². The third-order valence-electron chi connectivity index (χ3n) is 6.66.